The monoisotopic (exact) mass is 489 g/mol. The fourth-order valence-corrected chi connectivity index (χ4v) is 4.93. The van der Waals surface area contributed by atoms with Crippen molar-refractivity contribution in [3.8, 4) is 0 Å². The van der Waals surface area contributed by atoms with E-state index in [4.69, 9.17) is 0 Å². The lowest BCUT2D eigenvalue weighted by Crippen LogP contribution is -2.21. The molecule has 0 unspecified atom stereocenters. The fourth-order valence-electron chi connectivity index (χ4n) is 2.88. The summed E-state index contributed by atoms with van der Waals surface area (Å²) in [4.78, 5) is 13.9. The number of esters is 1. The van der Waals surface area contributed by atoms with Gasteiger partial charge in [0.1, 0.15) is 0 Å². The number of ether oxygens (including phenoxy) is 1. The van der Waals surface area contributed by atoms with Gasteiger partial charge in [0, 0.05) is 24.4 Å². The van der Waals surface area contributed by atoms with Crippen LogP contribution in [0.5, 0.6) is 0 Å². The largest absolute Gasteiger partial charge is 0.469 e. The Hall–Kier alpha value is -3.44. The summed E-state index contributed by atoms with van der Waals surface area (Å²) in [5.74, 6) is -0.513. The zero-order valence-electron chi connectivity index (χ0n) is 18.0. The van der Waals surface area contributed by atoms with Crippen LogP contribution in [0.1, 0.15) is 24.0 Å². The molecule has 0 aliphatic carbocycles. The summed E-state index contributed by atoms with van der Waals surface area (Å²) >= 11 is 0. The van der Waals surface area contributed by atoms with Crippen LogP contribution < -0.4 is 4.83 Å². The van der Waals surface area contributed by atoms with Gasteiger partial charge in [-0.3, -0.25) is 4.79 Å². The summed E-state index contributed by atoms with van der Waals surface area (Å²) in [6, 6.07) is 15.6. The van der Waals surface area contributed by atoms with Gasteiger partial charge in [-0.1, -0.05) is 35.9 Å². The first-order valence-corrected chi connectivity index (χ1v) is 12.8. The van der Waals surface area contributed by atoms with E-state index in [9.17, 15) is 21.6 Å². The number of nitrogens with one attached hydrogen (secondary N) is 1. The van der Waals surface area contributed by atoms with Crippen molar-refractivity contribution in [1.82, 2.24) is 8.80 Å². The van der Waals surface area contributed by atoms with Crippen molar-refractivity contribution in [2.75, 3.05) is 7.11 Å². The predicted molar refractivity (Wildman–Crippen MR) is 123 cm³/mol. The molecule has 0 saturated heterocycles. The molecule has 0 fully saturated rings. The Balaban J connectivity index is 1.93. The number of benzene rings is 2. The number of nitrogens with zero attached hydrogens (tertiary/aromatic N) is 2. The summed E-state index contributed by atoms with van der Waals surface area (Å²) in [5.41, 5.74) is 1.42. The van der Waals surface area contributed by atoms with Crippen LogP contribution >= 0.6 is 0 Å². The highest BCUT2D eigenvalue weighted by atomic mass is 32.2. The molecule has 33 heavy (non-hydrogen) atoms. The van der Waals surface area contributed by atoms with Gasteiger partial charge < -0.3 is 4.74 Å². The number of carbonyl (C=O) groups is 1. The van der Waals surface area contributed by atoms with Gasteiger partial charge in [-0.2, -0.15) is 18.4 Å². The van der Waals surface area contributed by atoms with E-state index in [0.29, 0.717) is 5.56 Å². The Morgan fingerprint density at radius 2 is 1.61 bits per heavy atom. The molecule has 1 heterocycles. The van der Waals surface area contributed by atoms with E-state index < -0.39 is 26.0 Å². The highest BCUT2D eigenvalue weighted by Crippen LogP contribution is 2.17. The van der Waals surface area contributed by atoms with E-state index in [-0.39, 0.29) is 28.3 Å². The van der Waals surface area contributed by atoms with Gasteiger partial charge in [0.15, 0.2) is 0 Å². The van der Waals surface area contributed by atoms with Crippen LogP contribution in [0.25, 0.3) is 0 Å². The van der Waals surface area contributed by atoms with Gasteiger partial charge in [-0.05, 0) is 37.3 Å². The van der Waals surface area contributed by atoms with Gasteiger partial charge in [0.05, 0.1) is 29.0 Å². The number of methoxy groups -OCH3 is 1. The number of aromatic nitrogens is 1. The lowest BCUT2D eigenvalue weighted by Gasteiger charge is -2.08. The maximum atomic E-state index is 12.8. The van der Waals surface area contributed by atoms with Gasteiger partial charge >= 0.3 is 5.97 Å². The standard InChI is InChI=1S/C22H23N3O6S2/c1-17-8-10-19(11-9-17)32(27,28)24-23-21(12-13-22(26)31-2)18-14-15-25(16-18)33(29,30)20-6-4-3-5-7-20/h3-11,14-16,24H,12-13H2,1-2H3/b23-21-. The molecule has 0 aliphatic heterocycles. The van der Waals surface area contributed by atoms with E-state index >= 15 is 0 Å². The fraction of sp³-hybridized carbons (Fsp3) is 0.182. The van der Waals surface area contributed by atoms with Crippen LogP contribution in [0.2, 0.25) is 0 Å². The first-order valence-electron chi connectivity index (χ1n) is 9.84. The molecule has 0 amide bonds. The van der Waals surface area contributed by atoms with Gasteiger partial charge in [-0.25, -0.2) is 12.4 Å². The molecule has 0 radical (unpaired) electrons. The van der Waals surface area contributed by atoms with Gasteiger partial charge in [0.2, 0.25) is 0 Å². The molecule has 0 saturated carbocycles. The van der Waals surface area contributed by atoms with E-state index in [1.54, 1.807) is 30.3 Å². The predicted octanol–water partition coefficient (Wildman–Crippen LogP) is 2.67. The first kappa shape index (κ1) is 24.2. The number of hydrazone groups is 1. The third kappa shape index (κ3) is 5.88. The molecule has 0 spiro atoms. The first-order chi connectivity index (χ1) is 15.6. The number of carbonyl (C=O) groups excluding carboxylic acids is 1. The number of sulfonamides is 1. The van der Waals surface area contributed by atoms with Crippen LogP contribution in [0, 0.1) is 6.92 Å². The van der Waals surface area contributed by atoms with E-state index in [0.717, 1.165) is 9.54 Å². The third-order valence-electron chi connectivity index (χ3n) is 4.74. The van der Waals surface area contributed by atoms with E-state index in [1.165, 1.54) is 49.8 Å². The topological polar surface area (TPSA) is 124 Å². The van der Waals surface area contributed by atoms with Crippen molar-refractivity contribution < 1.29 is 26.4 Å². The number of aryl methyl sites for hydroxylation is 1. The van der Waals surface area contributed by atoms with Crippen LogP contribution in [0.4, 0.5) is 0 Å². The number of hydrogen-bond acceptors (Lipinski definition) is 7. The Morgan fingerprint density at radius 1 is 0.939 bits per heavy atom. The quantitative estimate of drug-likeness (QED) is 0.280. The number of rotatable bonds is 9. The molecule has 1 aromatic heterocycles. The minimum absolute atomic E-state index is 0.0217. The van der Waals surface area contributed by atoms with Crippen molar-refractivity contribution >= 4 is 31.7 Å². The molecule has 1 N–H and O–H groups in total. The Labute approximate surface area is 192 Å². The minimum Gasteiger partial charge on any atom is -0.469 e. The van der Waals surface area contributed by atoms with Crippen LogP contribution in [-0.2, 0) is 29.6 Å². The SMILES string of the molecule is COC(=O)CC/C(=N/NS(=O)(=O)c1ccc(C)cc1)c1ccn(S(=O)(=O)c2ccccc2)c1. The molecule has 0 aliphatic rings. The highest BCUT2D eigenvalue weighted by Gasteiger charge is 2.19. The van der Waals surface area contributed by atoms with Gasteiger partial charge in [-0.15, -0.1) is 0 Å². The second-order valence-electron chi connectivity index (χ2n) is 7.09. The van der Waals surface area contributed by atoms with E-state index in [1.807, 2.05) is 6.92 Å². The van der Waals surface area contributed by atoms with Gasteiger partial charge in [0.25, 0.3) is 20.0 Å². The molecule has 3 rings (SSSR count). The second-order valence-corrected chi connectivity index (χ2v) is 10.6. The lowest BCUT2D eigenvalue weighted by molar-refractivity contribution is -0.140. The maximum Gasteiger partial charge on any atom is 0.305 e. The molecular weight excluding hydrogens is 466 g/mol. The molecule has 11 heteroatoms. The summed E-state index contributed by atoms with van der Waals surface area (Å²) in [6.45, 7) is 1.83. The molecule has 2 aromatic carbocycles. The summed E-state index contributed by atoms with van der Waals surface area (Å²) in [7, 11) is -6.58. The summed E-state index contributed by atoms with van der Waals surface area (Å²) < 4.78 is 56.6. The molecular formula is C22H23N3O6S2. The molecule has 174 valence electrons. The highest BCUT2D eigenvalue weighted by molar-refractivity contribution is 7.90. The zero-order chi connectivity index (χ0) is 24.1. The van der Waals surface area contributed by atoms with Crippen molar-refractivity contribution in [2.45, 2.75) is 29.6 Å². The Bertz CT molecular complexity index is 1360. The summed E-state index contributed by atoms with van der Waals surface area (Å²) in [6.07, 6.45) is 2.61. The van der Waals surface area contributed by atoms with Crippen molar-refractivity contribution in [1.29, 1.82) is 0 Å². The van der Waals surface area contributed by atoms with Crippen LogP contribution in [0.3, 0.4) is 0 Å². The van der Waals surface area contributed by atoms with Crippen molar-refractivity contribution in [3.05, 3.63) is 84.2 Å². The number of hydrogen-bond donors (Lipinski definition) is 1. The molecule has 9 nitrogen and oxygen atoms in total. The third-order valence-corrected chi connectivity index (χ3v) is 7.62. The van der Waals surface area contributed by atoms with Crippen LogP contribution in [0.15, 0.2) is 87.9 Å². The van der Waals surface area contributed by atoms with E-state index in [2.05, 4.69) is 14.7 Å². The molecule has 0 bridgehead atoms. The zero-order valence-corrected chi connectivity index (χ0v) is 19.6. The molecule has 0 atom stereocenters. The second kappa shape index (κ2) is 10.0. The van der Waals surface area contributed by atoms with Crippen LogP contribution in [-0.4, -0.2) is 39.6 Å². The summed E-state index contributed by atoms with van der Waals surface area (Å²) in [5, 5.41) is 4.00. The Morgan fingerprint density at radius 3 is 2.24 bits per heavy atom. The maximum absolute atomic E-state index is 12.8. The molecule has 3 aromatic rings. The smallest absolute Gasteiger partial charge is 0.305 e. The average Bonchev–Trinajstić information content (AvgIpc) is 3.30. The minimum atomic E-state index is -3.97. The average molecular weight is 490 g/mol. The normalized spacial score (nSPS) is 12.4. The van der Waals surface area contributed by atoms with Crippen molar-refractivity contribution in [3.63, 3.8) is 0 Å². The lowest BCUT2D eigenvalue weighted by atomic mass is 10.1. The Kier molecular flexibility index (Phi) is 7.34. The van der Waals surface area contributed by atoms with Crippen molar-refractivity contribution in [2.24, 2.45) is 5.10 Å².